The van der Waals surface area contributed by atoms with Crippen LogP contribution in [-0.2, 0) is 13.2 Å². The lowest BCUT2D eigenvalue weighted by Crippen LogP contribution is -2.20. The van der Waals surface area contributed by atoms with Crippen molar-refractivity contribution in [1.82, 2.24) is 15.3 Å². The van der Waals surface area contributed by atoms with E-state index in [1.165, 1.54) is 0 Å². The van der Waals surface area contributed by atoms with Gasteiger partial charge < -0.3 is 10.1 Å². The highest BCUT2D eigenvalue weighted by atomic mass is 16.5. The first-order valence-electron chi connectivity index (χ1n) is 6.93. The molecule has 0 atom stereocenters. The Kier molecular flexibility index (Phi) is 5.50. The summed E-state index contributed by atoms with van der Waals surface area (Å²) < 4.78 is 5.64. The largest absolute Gasteiger partial charge is 0.486 e. The van der Waals surface area contributed by atoms with Crippen molar-refractivity contribution in [3.8, 4) is 5.75 Å². The van der Waals surface area contributed by atoms with Crippen LogP contribution in [0.1, 0.15) is 25.4 Å². The molecule has 0 aliphatic rings. The molecule has 0 unspecified atom stereocenters. The summed E-state index contributed by atoms with van der Waals surface area (Å²) in [5.41, 5.74) is 0.993. The fourth-order valence-electron chi connectivity index (χ4n) is 1.76. The molecule has 0 spiro atoms. The van der Waals surface area contributed by atoms with Crippen molar-refractivity contribution < 1.29 is 4.74 Å². The van der Waals surface area contributed by atoms with Crippen molar-refractivity contribution in [3.05, 3.63) is 54.1 Å². The maximum atomic E-state index is 5.64. The SMILES string of the molecule is CC(C)CNCc1ccnc(COc2ccccc2)n1. The number of ether oxygens (including phenoxy) is 1. The average Bonchev–Trinajstić information content (AvgIpc) is 2.46. The molecule has 2 aromatic rings. The van der Waals surface area contributed by atoms with Gasteiger partial charge in [0.2, 0.25) is 0 Å². The van der Waals surface area contributed by atoms with Crippen LogP contribution in [0, 0.1) is 5.92 Å². The molecule has 2 rings (SSSR count). The van der Waals surface area contributed by atoms with Crippen LogP contribution in [0.25, 0.3) is 0 Å². The molecule has 20 heavy (non-hydrogen) atoms. The highest BCUT2D eigenvalue weighted by Crippen LogP contribution is 2.10. The second kappa shape index (κ2) is 7.60. The van der Waals surface area contributed by atoms with Gasteiger partial charge in [0.05, 0.1) is 5.69 Å². The molecule has 1 aromatic heterocycles. The Morgan fingerprint density at radius 1 is 1.15 bits per heavy atom. The minimum Gasteiger partial charge on any atom is -0.486 e. The van der Waals surface area contributed by atoms with Crippen LogP contribution in [-0.4, -0.2) is 16.5 Å². The summed E-state index contributed by atoms with van der Waals surface area (Å²) in [6.07, 6.45) is 1.78. The van der Waals surface area contributed by atoms with Crippen molar-refractivity contribution in [2.24, 2.45) is 5.92 Å². The van der Waals surface area contributed by atoms with Gasteiger partial charge in [-0.05, 0) is 30.7 Å². The minimum absolute atomic E-state index is 0.391. The van der Waals surface area contributed by atoms with E-state index < -0.39 is 0 Å². The van der Waals surface area contributed by atoms with Gasteiger partial charge in [-0.2, -0.15) is 0 Å². The quantitative estimate of drug-likeness (QED) is 0.841. The van der Waals surface area contributed by atoms with E-state index in [1.54, 1.807) is 6.20 Å². The van der Waals surface area contributed by atoms with Crippen molar-refractivity contribution >= 4 is 0 Å². The molecule has 1 heterocycles. The van der Waals surface area contributed by atoms with Crippen LogP contribution >= 0.6 is 0 Å². The van der Waals surface area contributed by atoms with Gasteiger partial charge in [-0.25, -0.2) is 9.97 Å². The number of rotatable bonds is 7. The summed E-state index contributed by atoms with van der Waals surface area (Å²) in [5.74, 6) is 2.18. The third kappa shape index (κ3) is 4.97. The summed E-state index contributed by atoms with van der Waals surface area (Å²) >= 11 is 0. The van der Waals surface area contributed by atoms with E-state index in [1.807, 2.05) is 36.4 Å². The van der Waals surface area contributed by atoms with E-state index in [0.29, 0.717) is 18.3 Å². The molecule has 0 saturated heterocycles. The predicted octanol–water partition coefficient (Wildman–Crippen LogP) is 2.80. The van der Waals surface area contributed by atoms with Crippen LogP contribution in [0.4, 0.5) is 0 Å². The standard InChI is InChI=1S/C16H21N3O/c1-13(2)10-17-11-14-8-9-18-16(19-14)12-20-15-6-4-3-5-7-15/h3-9,13,17H,10-12H2,1-2H3. The van der Waals surface area contributed by atoms with Gasteiger partial charge in [0.25, 0.3) is 0 Å². The molecular weight excluding hydrogens is 250 g/mol. The van der Waals surface area contributed by atoms with Gasteiger partial charge in [0.15, 0.2) is 5.82 Å². The van der Waals surface area contributed by atoms with Gasteiger partial charge in [-0.15, -0.1) is 0 Å². The molecule has 0 aliphatic heterocycles. The maximum Gasteiger partial charge on any atom is 0.166 e. The fraction of sp³-hybridized carbons (Fsp3) is 0.375. The average molecular weight is 271 g/mol. The highest BCUT2D eigenvalue weighted by molar-refractivity contribution is 5.21. The normalized spacial score (nSPS) is 10.8. The van der Waals surface area contributed by atoms with Gasteiger partial charge >= 0.3 is 0 Å². The number of benzene rings is 1. The number of para-hydroxylation sites is 1. The van der Waals surface area contributed by atoms with Crippen molar-refractivity contribution in [3.63, 3.8) is 0 Å². The van der Waals surface area contributed by atoms with E-state index >= 15 is 0 Å². The molecule has 1 N–H and O–H groups in total. The van der Waals surface area contributed by atoms with Crippen LogP contribution < -0.4 is 10.1 Å². The Labute approximate surface area is 120 Å². The lowest BCUT2D eigenvalue weighted by atomic mass is 10.2. The summed E-state index contributed by atoms with van der Waals surface area (Å²) in [4.78, 5) is 8.72. The topological polar surface area (TPSA) is 47.0 Å². The number of aromatic nitrogens is 2. The third-order valence-electron chi connectivity index (χ3n) is 2.73. The molecule has 0 aliphatic carbocycles. The molecule has 0 fully saturated rings. The summed E-state index contributed by atoms with van der Waals surface area (Å²) in [6, 6.07) is 11.6. The van der Waals surface area contributed by atoms with Gasteiger partial charge in [-0.1, -0.05) is 32.0 Å². The first kappa shape index (κ1) is 14.5. The Bertz CT molecular complexity index is 514. The van der Waals surface area contributed by atoms with Crippen LogP contribution in [0.3, 0.4) is 0 Å². The van der Waals surface area contributed by atoms with Gasteiger partial charge in [0.1, 0.15) is 12.4 Å². The number of hydrogen-bond acceptors (Lipinski definition) is 4. The maximum absolute atomic E-state index is 5.64. The monoisotopic (exact) mass is 271 g/mol. The van der Waals surface area contributed by atoms with E-state index in [4.69, 9.17) is 4.74 Å². The zero-order chi connectivity index (χ0) is 14.2. The second-order valence-electron chi connectivity index (χ2n) is 5.09. The van der Waals surface area contributed by atoms with E-state index in [9.17, 15) is 0 Å². The lowest BCUT2D eigenvalue weighted by molar-refractivity contribution is 0.295. The zero-order valence-corrected chi connectivity index (χ0v) is 12.0. The minimum atomic E-state index is 0.391. The predicted molar refractivity (Wildman–Crippen MR) is 79.4 cm³/mol. The van der Waals surface area contributed by atoms with E-state index in [-0.39, 0.29) is 0 Å². The number of nitrogens with one attached hydrogen (secondary N) is 1. The first-order valence-corrected chi connectivity index (χ1v) is 6.93. The molecule has 106 valence electrons. The van der Waals surface area contributed by atoms with Crippen molar-refractivity contribution in [2.75, 3.05) is 6.54 Å². The summed E-state index contributed by atoms with van der Waals surface area (Å²) in [5, 5.41) is 3.37. The Morgan fingerprint density at radius 2 is 1.95 bits per heavy atom. The van der Waals surface area contributed by atoms with Crippen LogP contribution in [0.5, 0.6) is 5.75 Å². The molecule has 0 radical (unpaired) electrons. The zero-order valence-electron chi connectivity index (χ0n) is 12.0. The number of nitrogens with zero attached hydrogens (tertiary/aromatic N) is 2. The molecule has 0 amide bonds. The molecule has 4 nitrogen and oxygen atoms in total. The number of hydrogen-bond donors (Lipinski definition) is 1. The highest BCUT2D eigenvalue weighted by Gasteiger charge is 2.01. The Morgan fingerprint density at radius 3 is 2.70 bits per heavy atom. The van der Waals surface area contributed by atoms with Crippen molar-refractivity contribution in [1.29, 1.82) is 0 Å². The first-order chi connectivity index (χ1) is 9.74. The third-order valence-corrected chi connectivity index (χ3v) is 2.73. The summed E-state index contributed by atoms with van der Waals surface area (Å²) in [7, 11) is 0. The molecule has 0 bridgehead atoms. The fourth-order valence-corrected chi connectivity index (χ4v) is 1.76. The molecule has 0 saturated carbocycles. The van der Waals surface area contributed by atoms with Crippen molar-refractivity contribution in [2.45, 2.75) is 27.0 Å². The van der Waals surface area contributed by atoms with E-state index in [2.05, 4.69) is 29.1 Å². The van der Waals surface area contributed by atoms with E-state index in [0.717, 1.165) is 24.5 Å². The summed E-state index contributed by atoms with van der Waals surface area (Å²) in [6.45, 7) is 6.51. The van der Waals surface area contributed by atoms with Crippen LogP contribution in [0.15, 0.2) is 42.6 Å². The Hall–Kier alpha value is -1.94. The molecular formula is C16H21N3O. The van der Waals surface area contributed by atoms with Gasteiger partial charge in [0, 0.05) is 12.7 Å². The van der Waals surface area contributed by atoms with Crippen LogP contribution in [0.2, 0.25) is 0 Å². The van der Waals surface area contributed by atoms with Gasteiger partial charge in [-0.3, -0.25) is 0 Å². The smallest absolute Gasteiger partial charge is 0.166 e. The molecule has 1 aromatic carbocycles. The Balaban J connectivity index is 1.86. The molecule has 4 heteroatoms. The second-order valence-corrected chi connectivity index (χ2v) is 5.09. The lowest BCUT2D eigenvalue weighted by Gasteiger charge is -2.08.